The smallest absolute Gasteiger partial charge is 0.265 e. The molecule has 0 atom stereocenters. The van der Waals surface area contributed by atoms with Crippen LogP contribution in [0.2, 0.25) is 0 Å². The molecule has 0 bridgehead atoms. The first-order valence-electron chi connectivity index (χ1n) is 6.91. The van der Waals surface area contributed by atoms with Gasteiger partial charge in [-0.25, -0.2) is 14.6 Å². The molecular formula is C16H11N5OS. The molecule has 0 fully saturated rings. The Balaban J connectivity index is 1.67. The van der Waals surface area contributed by atoms with Gasteiger partial charge in [0.25, 0.3) is 5.91 Å². The Morgan fingerprint density at radius 1 is 1.17 bits per heavy atom. The number of nitrogens with zero attached hydrogens (tertiary/aromatic N) is 4. The summed E-state index contributed by atoms with van der Waals surface area (Å²) in [5, 5.41) is 8.01. The van der Waals surface area contributed by atoms with Gasteiger partial charge in [0.15, 0.2) is 5.82 Å². The van der Waals surface area contributed by atoms with Crippen LogP contribution in [0.5, 0.6) is 0 Å². The van der Waals surface area contributed by atoms with Crippen molar-refractivity contribution in [3.63, 3.8) is 0 Å². The van der Waals surface area contributed by atoms with Gasteiger partial charge in [-0.2, -0.15) is 5.10 Å². The fourth-order valence-electron chi connectivity index (χ4n) is 2.27. The van der Waals surface area contributed by atoms with Crippen molar-refractivity contribution in [1.82, 2.24) is 19.7 Å². The monoisotopic (exact) mass is 321 g/mol. The second kappa shape index (κ2) is 5.62. The van der Waals surface area contributed by atoms with Crippen molar-refractivity contribution in [2.24, 2.45) is 0 Å². The summed E-state index contributed by atoms with van der Waals surface area (Å²) in [5.74, 6) is 0.361. The van der Waals surface area contributed by atoms with Crippen LogP contribution in [0.4, 0.5) is 5.69 Å². The summed E-state index contributed by atoms with van der Waals surface area (Å²) in [4.78, 5) is 21.4. The van der Waals surface area contributed by atoms with Gasteiger partial charge in [-0.15, -0.1) is 11.3 Å². The number of carbonyl (C=O) groups is 1. The van der Waals surface area contributed by atoms with E-state index < -0.39 is 0 Å². The first-order valence-corrected chi connectivity index (χ1v) is 7.73. The number of fused-ring (bicyclic) bond motifs is 1. The average molecular weight is 321 g/mol. The molecule has 0 unspecified atom stereocenters. The van der Waals surface area contributed by atoms with E-state index in [4.69, 9.17) is 0 Å². The molecule has 1 aromatic carbocycles. The summed E-state index contributed by atoms with van der Waals surface area (Å²) in [6.07, 6.45) is 4.61. The maximum atomic E-state index is 12.5. The number of nitrogens with one attached hydrogen (secondary N) is 1. The lowest BCUT2D eigenvalue weighted by molar-refractivity contribution is 0.103. The predicted octanol–water partition coefficient (Wildman–Crippen LogP) is 3.13. The number of aromatic nitrogens is 4. The van der Waals surface area contributed by atoms with Crippen LogP contribution in [0.25, 0.3) is 15.9 Å². The van der Waals surface area contributed by atoms with Gasteiger partial charge in [0.2, 0.25) is 0 Å². The van der Waals surface area contributed by atoms with Gasteiger partial charge in [0, 0.05) is 10.9 Å². The van der Waals surface area contributed by atoms with Gasteiger partial charge in [0.05, 0.1) is 10.6 Å². The van der Waals surface area contributed by atoms with Gasteiger partial charge in [-0.1, -0.05) is 18.2 Å². The molecule has 1 amide bonds. The number of carbonyl (C=O) groups excluding carboxylic acids is 1. The van der Waals surface area contributed by atoms with Crippen molar-refractivity contribution in [1.29, 1.82) is 0 Å². The fraction of sp³-hybridized carbons (Fsp3) is 0. The van der Waals surface area contributed by atoms with Crippen LogP contribution in [0.1, 0.15) is 9.67 Å². The van der Waals surface area contributed by atoms with Crippen molar-refractivity contribution in [2.75, 3.05) is 5.32 Å². The number of amides is 1. The molecule has 1 N–H and O–H groups in total. The van der Waals surface area contributed by atoms with Gasteiger partial charge < -0.3 is 5.32 Å². The zero-order chi connectivity index (χ0) is 15.6. The van der Waals surface area contributed by atoms with Crippen LogP contribution in [0.15, 0.2) is 61.3 Å². The average Bonchev–Trinajstić information content (AvgIpc) is 3.25. The van der Waals surface area contributed by atoms with Crippen molar-refractivity contribution < 1.29 is 4.79 Å². The van der Waals surface area contributed by atoms with E-state index in [1.807, 2.05) is 30.3 Å². The molecule has 6 nitrogen and oxygen atoms in total. The Morgan fingerprint density at radius 3 is 2.91 bits per heavy atom. The van der Waals surface area contributed by atoms with Crippen LogP contribution in [0.3, 0.4) is 0 Å². The van der Waals surface area contributed by atoms with Crippen molar-refractivity contribution >= 4 is 33.0 Å². The molecule has 3 aromatic heterocycles. The fourth-order valence-corrected chi connectivity index (χ4v) is 3.23. The summed E-state index contributed by atoms with van der Waals surface area (Å²) in [7, 11) is 0. The van der Waals surface area contributed by atoms with E-state index in [0.717, 1.165) is 10.1 Å². The Morgan fingerprint density at radius 2 is 2.09 bits per heavy atom. The normalized spacial score (nSPS) is 10.8. The number of hydrogen-bond donors (Lipinski definition) is 1. The molecule has 0 radical (unpaired) electrons. The van der Waals surface area contributed by atoms with E-state index in [0.29, 0.717) is 16.4 Å². The summed E-state index contributed by atoms with van der Waals surface area (Å²) in [6, 6.07) is 13.4. The molecule has 0 aliphatic carbocycles. The molecule has 7 heteroatoms. The summed E-state index contributed by atoms with van der Waals surface area (Å²) in [6.45, 7) is 0. The lowest BCUT2D eigenvalue weighted by atomic mass is 10.2. The molecule has 3 heterocycles. The minimum atomic E-state index is -0.166. The molecule has 0 aliphatic heterocycles. The molecule has 0 saturated carbocycles. The maximum absolute atomic E-state index is 12.5. The van der Waals surface area contributed by atoms with Gasteiger partial charge in [-0.05, 0) is 29.7 Å². The standard InChI is InChI=1S/C16H11N5OS/c22-16(14-8-11-4-1-2-6-13(11)23-14)20-12-5-3-7-18-15(12)21-10-17-9-19-21/h1-10H,(H,20,22). The first kappa shape index (κ1) is 13.6. The lowest BCUT2D eigenvalue weighted by Gasteiger charge is -2.08. The highest BCUT2D eigenvalue weighted by Crippen LogP contribution is 2.26. The summed E-state index contributed by atoms with van der Waals surface area (Å²) >= 11 is 1.46. The molecule has 0 saturated heterocycles. The minimum absolute atomic E-state index is 0.166. The van der Waals surface area contributed by atoms with Gasteiger partial charge in [0.1, 0.15) is 12.7 Å². The Hall–Kier alpha value is -3.06. The second-order valence-electron chi connectivity index (χ2n) is 4.82. The molecule has 4 aromatic rings. The number of rotatable bonds is 3. The maximum Gasteiger partial charge on any atom is 0.265 e. The quantitative estimate of drug-likeness (QED) is 0.629. The summed E-state index contributed by atoms with van der Waals surface area (Å²) in [5.41, 5.74) is 0.584. The van der Waals surface area contributed by atoms with Crippen molar-refractivity contribution in [2.45, 2.75) is 0 Å². The Labute approximate surface area is 135 Å². The van der Waals surface area contributed by atoms with Crippen LogP contribution >= 0.6 is 11.3 Å². The molecule has 0 aliphatic rings. The van der Waals surface area contributed by atoms with Crippen LogP contribution in [-0.2, 0) is 0 Å². The molecular weight excluding hydrogens is 310 g/mol. The third-order valence-corrected chi connectivity index (χ3v) is 4.43. The van der Waals surface area contributed by atoms with Crippen LogP contribution < -0.4 is 5.32 Å². The molecule has 0 spiro atoms. The van der Waals surface area contributed by atoms with Crippen LogP contribution in [0, 0.1) is 0 Å². The highest BCUT2D eigenvalue weighted by atomic mass is 32.1. The van der Waals surface area contributed by atoms with Crippen molar-refractivity contribution in [3.05, 3.63) is 66.2 Å². The van der Waals surface area contributed by atoms with Crippen molar-refractivity contribution in [3.8, 4) is 5.82 Å². The van der Waals surface area contributed by atoms with E-state index in [1.165, 1.54) is 28.7 Å². The summed E-state index contributed by atoms with van der Waals surface area (Å²) < 4.78 is 2.60. The lowest BCUT2D eigenvalue weighted by Crippen LogP contribution is -2.13. The number of anilines is 1. The molecule has 23 heavy (non-hydrogen) atoms. The third-order valence-electron chi connectivity index (χ3n) is 3.32. The van der Waals surface area contributed by atoms with E-state index in [1.54, 1.807) is 18.3 Å². The highest BCUT2D eigenvalue weighted by Gasteiger charge is 2.14. The zero-order valence-corrected chi connectivity index (χ0v) is 12.7. The topological polar surface area (TPSA) is 72.7 Å². The predicted molar refractivity (Wildman–Crippen MR) is 88.9 cm³/mol. The third kappa shape index (κ3) is 2.58. The first-order chi connectivity index (χ1) is 11.3. The number of hydrogen-bond acceptors (Lipinski definition) is 5. The van der Waals surface area contributed by atoms with E-state index in [2.05, 4.69) is 20.4 Å². The molecule has 4 rings (SSSR count). The zero-order valence-electron chi connectivity index (χ0n) is 11.9. The molecule has 112 valence electrons. The minimum Gasteiger partial charge on any atom is -0.318 e. The van der Waals surface area contributed by atoms with E-state index >= 15 is 0 Å². The van der Waals surface area contributed by atoms with Gasteiger partial charge >= 0.3 is 0 Å². The number of pyridine rings is 1. The van der Waals surface area contributed by atoms with Gasteiger partial charge in [-0.3, -0.25) is 4.79 Å². The SMILES string of the molecule is O=C(Nc1cccnc1-n1cncn1)c1cc2ccccc2s1. The van der Waals surface area contributed by atoms with E-state index in [9.17, 15) is 4.79 Å². The Kier molecular flexibility index (Phi) is 3.32. The van der Waals surface area contributed by atoms with Crippen LogP contribution in [-0.4, -0.2) is 25.7 Å². The second-order valence-corrected chi connectivity index (χ2v) is 5.90. The highest BCUT2D eigenvalue weighted by molar-refractivity contribution is 7.20. The Bertz CT molecular complexity index is 944. The van der Waals surface area contributed by atoms with E-state index in [-0.39, 0.29) is 5.91 Å². The number of benzene rings is 1. The largest absolute Gasteiger partial charge is 0.318 e. The number of thiophene rings is 1.